The second kappa shape index (κ2) is 9.20. The predicted octanol–water partition coefficient (Wildman–Crippen LogP) is 5.28. The van der Waals surface area contributed by atoms with Crippen LogP contribution in [0.3, 0.4) is 0 Å². The van der Waals surface area contributed by atoms with Crippen LogP contribution in [-0.4, -0.2) is 31.0 Å². The van der Waals surface area contributed by atoms with Crippen LogP contribution < -0.4 is 15.4 Å². The first kappa shape index (κ1) is 21.5. The summed E-state index contributed by atoms with van der Waals surface area (Å²) in [4.78, 5) is 30.2. The number of methoxy groups -OCH3 is 1. The minimum absolute atomic E-state index is 0.255. The summed E-state index contributed by atoms with van der Waals surface area (Å²) in [5.41, 5.74) is 3.59. The largest absolute Gasteiger partial charge is 0.495 e. The molecule has 0 fully saturated rings. The Kier molecular flexibility index (Phi) is 6.18. The Morgan fingerprint density at radius 2 is 1.69 bits per heavy atom. The lowest BCUT2D eigenvalue weighted by atomic mass is 10.0. The minimum Gasteiger partial charge on any atom is -0.495 e. The van der Waals surface area contributed by atoms with E-state index in [9.17, 15) is 9.59 Å². The number of aromatic nitrogens is 1. The molecule has 3 aromatic carbocycles. The van der Waals surface area contributed by atoms with Gasteiger partial charge in [-0.15, -0.1) is 0 Å². The molecule has 0 saturated heterocycles. The molecule has 0 unspecified atom stereocenters. The highest BCUT2D eigenvalue weighted by molar-refractivity contribution is 9.10. The van der Waals surface area contributed by atoms with Gasteiger partial charge in [0.15, 0.2) is 0 Å². The summed E-state index contributed by atoms with van der Waals surface area (Å²) < 4.78 is 6.34. The first-order valence-corrected chi connectivity index (χ1v) is 10.7. The quantitative estimate of drug-likeness (QED) is 0.399. The zero-order chi connectivity index (χ0) is 22.7. The molecule has 0 spiro atoms. The number of anilines is 1. The number of pyridine rings is 1. The molecular weight excluding hydrogens is 470 g/mol. The van der Waals surface area contributed by atoms with Gasteiger partial charge in [-0.25, -0.2) is 4.98 Å². The van der Waals surface area contributed by atoms with Crippen LogP contribution in [0.4, 0.5) is 5.69 Å². The molecule has 160 valence electrons. The number of halogens is 1. The van der Waals surface area contributed by atoms with E-state index in [2.05, 4.69) is 26.6 Å². The van der Waals surface area contributed by atoms with Crippen molar-refractivity contribution in [2.24, 2.45) is 0 Å². The number of carbonyl (C=O) groups excluding carboxylic acids is 2. The fourth-order valence-corrected chi connectivity index (χ4v) is 3.68. The molecule has 6 nitrogen and oxygen atoms in total. The average molecular weight is 490 g/mol. The smallest absolute Gasteiger partial charge is 0.256 e. The number of amides is 2. The lowest BCUT2D eigenvalue weighted by Gasteiger charge is -2.14. The molecule has 1 heterocycles. The Balaban J connectivity index is 1.78. The number of rotatable bonds is 5. The molecular formula is C25H20BrN3O3. The first-order valence-electron chi connectivity index (χ1n) is 9.87. The van der Waals surface area contributed by atoms with Crippen molar-refractivity contribution >= 4 is 44.3 Å². The van der Waals surface area contributed by atoms with Crippen LogP contribution in [0.1, 0.15) is 20.7 Å². The van der Waals surface area contributed by atoms with Crippen molar-refractivity contribution in [1.82, 2.24) is 10.3 Å². The second-order valence-corrected chi connectivity index (χ2v) is 7.94. The summed E-state index contributed by atoms with van der Waals surface area (Å²) in [5, 5.41) is 6.21. The maximum atomic E-state index is 13.4. The Hall–Kier alpha value is -3.71. The van der Waals surface area contributed by atoms with Gasteiger partial charge in [-0.1, -0.05) is 46.3 Å². The van der Waals surface area contributed by atoms with Crippen LogP contribution in [-0.2, 0) is 0 Å². The molecule has 0 aliphatic heterocycles. The molecule has 4 aromatic rings. The summed E-state index contributed by atoms with van der Waals surface area (Å²) in [7, 11) is 3.07. The van der Waals surface area contributed by atoms with E-state index >= 15 is 0 Å². The number of benzene rings is 3. The van der Waals surface area contributed by atoms with Crippen LogP contribution >= 0.6 is 15.9 Å². The number of nitrogens with one attached hydrogen (secondary N) is 2. The summed E-state index contributed by atoms with van der Waals surface area (Å²) in [5.74, 6) is -0.123. The van der Waals surface area contributed by atoms with Gasteiger partial charge in [0.1, 0.15) is 5.75 Å². The van der Waals surface area contributed by atoms with E-state index in [1.165, 1.54) is 7.11 Å². The Morgan fingerprint density at radius 3 is 2.41 bits per heavy atom. The van der Waals surface area contributed by atoms with Crippen molar-refractivity contribution < 1.29 is 14.3 Å². The highest BCUT2D eigenvalue weighted by Crippen LogP contribution is 2.29. The van der Waals surface area contributed by atoms with Gasteiger partial charge in [0.25, 0.3) is 11.8 Å². The van der Waals surface area contributed by atoms with E-state index in [1.807, 2.05) is 48.5 Å². The molecule has 0 saturated carbocycles. The van der Waals surface area contributed by atoms with E-state index in [1.54, 1.807) is 31.3 Å². The zero-order valence-corrected chi connectivity index (χ0v) is 19.1. The van der Waals surface area contributed by atoms with Gasteiger partial charge in [0.2, 0.25) is 0 Å². The van der Waals surface area contributed by atoms with E-state index in [0.29, 0.717) is 33.8 Å². The molecule has 1 aromatic heterocycles. The van der Waals surface area contributed by atoms with E-state index < -0.39 is 0 Å². The van der Waals surface area contributed by atoms with Gasteiger partial charge < -0.3 is 15.4 Å². The van der Waals surface area contributed by atoms with Crippen molar-refractivity contribution in [2.75, 3.05) is 19.5 Å². The van der Waals surface area contributed by atoms with Gasteiger partial charge in [0.05, 0.1) is 29.6 Å². The molecule has 7 heteroatoms. The molecule has 4 rings (SSSR count). The maximum Gasteiger partial charge on any atom is 0.256 e. The minimum atomic E-state index is -0.325. The highest BCUT2D eigenvalue weighted by atomic mass is 79.9. The van der Waals surface area contributed by atoms with Gasteiger partial charge in [-0.2, -0.15) is 0 Å². The van der Waals surface area contributed by atoms with Gasteiger partial charge in [-0.3, -0.25) is 9.59 Å². The normalized spacial score (nSPS) is 10.6. The summed E-state index contributed by atoms with van der Waals surface area (Å²) in [6.07, 6.45) is 0. The van der Waals surface area contributed by atoms with Gasteiger partial charge in [0, 0.05) is 28.0 Å². The topological polar surface area (TPSA) is 80.3 Å². The van der Waals surface area contributed by atoms with Gasteiger partial charge in [-0.05, 0) is 42.5 Å². The average Bonchev–Trinajstić information content (AvgIpc) is 2.83. The molecule has 0 atom stereocenters. The van der Waals surface area contributed by atoms with Crippen LogP contribution in [0, 0.1) is 0 Å². The summed E-state index contributed by atoms with van der Waals surface area (Å²) in [6.45, 7) is 0. The number of nitrogens with zero attached hydrogens (tertiary/aromatic N) is 1. The molecule has 32 heavy (non-hydrogen) atoms. The Labute approximate surface area is 193 Å². The first-order chi connectivity index (χ1) is 15.5. The Morgan fingerprint density at radius 1 is 0.938 bits per heavy atom. The fraction of sp³-hybridized carbons (Fsp3) is 0.0800. The van der Waals surface area contributed by atoms with E-state index in [-0.39, 0.29) is 11.8 Å². The fourth-order valence-electron chi connectivity index (χ4n) is 3.41. The third kappa shape index (κ3) is 4.33. The third-order valence-electron chi connectivity index (χ3n) is 5.04. The van der Waals surface area contributed by atoms with Crippen LogP contribution in [0.15, 0.2) is 77.3 Å². The van der Waals surface area contributed by atoms with Crippen molar-refractivity contribution in [3.05, 3.63) is 88.4 Å². The predicted molar refractivity (Wildman–Crippen MR) is 129 cm³/mol. The highest BCUT2D eigenvalue weighted by Gasteiger charge is 2.17. The molecule has 0 aliphatic rings. The molecule has 2 amide bonds. The number of fused-ring (bicyclic) bond motifs is 1. The van der Waals surface area contributed by atoms with Gasteiger partial charge >= 0.3 is 0 Å². The second-order valence-electron chi connectivity index (χ2n) is 7.03. The van der Waals surface area contributed by atoms with Crippen LogP contribution in [0.25, 0.3) is 22.2 Å². The summed E-state index contributed by atoms with van der Waals surface area (Å²) >= 11 is 3.44. The number of para-hydroxylation sites is 1. The number of hydrogen-bond acceptors (Lipinski definition) is 4. The van der Waals surface area contributed by atoms with Crippen molar-refractivity contribution in [2.45, 2.75) is 0 Å². The van der Waals surface area contributed by atoms with E-state index in [0.717, 1.165) is 15.4 Å². The lowest BCUT2D eigenvalue weighted by molar-refractivity contribution is 0.0961. The lowest BCUT2D eigenvalue weighted by Crippen LogP contribution is -2.19. The Bertz CT molecular complexity index is 1320. The van der Waals surface area contributed by atoms with Crippen molar-refractivity contribution in [1.29, 1.82) is 0 Å². The number of ether oxygens (including phenoxy) is 1. The number of carbonyl (C=O) groups is 2. The monoisotopic (exact) mass is 489 g/mol. The summed E-state index contributed by atoms with van der Waals surface area (Å²) in [6, 6.07) is 21.9. The number of hydrogen-bond donors (Lipinski definition) is 2. The van der Waals surface area contributed by atoms with Crippen LogP contribution in [0.5, 0.6) is 5.75 Å². The third-order valence-corrected chi connectivity index (χ3v) is 5.57. The molecule has 2 N–H and O–H groups in total. The SMILES string of the molecule is CNC(=O)c1ccc(OC)c(NC(=O)c2cc(-c3ccc(Br)cc3)nc3ccccc23)c1. The van der Waals surface area contributed by atoms with Crippen LogP contribution in [0.2, 0.25) is 0 Å². The van der Waals surface area contributed by atoms with Crippen molar-refractivity contribution in [3.63, 3.8) is 0 Å². The van der Waals surface area contributed by atoms with Crippen molar-refractivity contribution in [3.8, 4) is 17.0 Å². The molecule has 0 aliphatic carbocycles. The zero-order valence-electron chi connectivity index (χ0n) is 17.5. The molecule has 0 bridgehead atoms. The maximum absolute atomic E-state index is 13.4. The van der Waals surface area contributed by atoms with E-state index in [4.69, 9.17) is 9.72 Å². The standard InChI is InChI=1S/C25H20BrN3O3/c1-27-24(30)16-9-12-23(32-2)22(13-16)29-25(31)19-14-21(15-7-10-17(26)11-8-15)28-20-6-4-3-5-18(19)20/h3-14H,1-2H3,(H,27,30)(H,29,31). The molecule has 0 radical (unpaired) electrons.